The molecule has 0 aliphatic carbocycles. The molecule has 2 aromatic carbocycles. The topological polar surface area (TPSA) is 80.0 Å². The van der Waals surface area contributed by atoms with Gasteiger partial charge >= 0.3 is 0 Å². The molecule has 3 heterocycles. The van der Waals surface area contributed by atoms with Crippen LogP contribution in [0.5, 0.6) is 0 Å². The number of benzene rings is 2. The molecular weight excluding hydrogens is 395 g/mol. The lowest BCUT2D eigenvalue weighted by Crippen LogP contribution is -2.56. The Morgan fingerprint density at radius 3 is 2.65 bits per heavy atom. The molecule has 3 aliphatic heterocycles. The van der Waals surface area contributed by atoms with Crippen molar-refractivity contribution < 1.29 is 13.9 Å². The minimum absolute atomic E-state index is 0.00699. The molecule has 0 saturated carbocycles. The van der Waals surface area contributed by atoms with Crippen molar-refractivity contribution in [3.63, 3.8) is 0 Å². The Hall–Kier alpha value is -2.93. The molecule has 2 aromatic rings. The van der Waals surface area contributed by atoms with Crippen LogP contribution < -0.4 is 11.1 Å². The highest BCUT2D eigenvalue weighted by Crippen LogP contribution is 2.42. The number of halogens is 1. The zero-order chi connectivity index (χ0) is 21.8. The molecule has 1 amide bonds. The summed E-state index contributed by atoms with van der Waals surface area (Å²) in [6, 6.07) is 12.1. The number of carbonyl (C=O) groups is 1. The first-order valence-electron chi connectivity index (χ1n) is 10.8. The van der Waals surface area contributed by atoms with Gasteiger partial charge in [-0.15, -0.1) is 0 Å². The summed E-state index contributed by atoms with van der Waals surface area (Å²) < 4.78 is 19.2. The van der Waals surface area contributed by atoms with Crippen LogP contribution >= 0.6 is 0 Å². The van der Waals surface area contributed by atoms with Crippen molar-refractivity contribution in [2.24, 2.45) is 10.7 Å². The predicted octanol–water partition coefficient (Wildman–Crippen LogP) is 3.96. The number of amides is 1. The van der Waals surface area contributed by atoms with Gasteiger partial charge in [0.05, 0.1) is 30.2 Å². The number of ether oxygens (including phenoxy) is 1. The fourth-order valence-corrected chi connectivity index (χ4v) is 5.29. The summed E-state index contributed by atoms with van der Waals surface area (Å²) in [5.41, 5.74) is 9.22. The van der Waals surface area contributed by atoms with Crippen molar-refractivity contribution in [1.82, 2.24) is 4.90 Å². The van der Waals surface area contributed by atoms with Crippen LogP contribution in [-0.4, -0.2) is 35.0 Å². The van der Waals surface area contributed by atoms with E-state index in [4.69, 9.17) is 15.5 Å². The van der Waals surface area contributed by atoms with Gasteiger partial charge in [0.2, 0.25) is 5.91 Å². The van der Waals surface area contributed by atoms with Crippen LogP contribution in [0.15, 0.2) is 47.5 Å². The van der Waals surface area contributed by atoms with E-state index in [-0.39, 0.29) is 42.4 Å². The molecule has 2 fully saturated rings. The smallest absolute Gasteiger partial charge is 0.232 e. The van der Waals surface area contributed by atoms with Crippen LogP contribution in [0.2, 0.25) is 0 Å². The first-order valence-corrected chi connectivity index (χ1v) is 10.8. The number of nitrogens with zero attached hydrogens (tertiary/aromatic N) is 2. The molecule has 0 spiro atoms. The van der Waals surface area contributed by atoms with Gasteiger partial charge in [0.15, 0.2) is 5.96 Å². The third-order valence-corrected chi connectivity index (χ3v) is 6.82. The highest BCUT2D eigenvalue weighted by molar-refractivity contribution is 5.99. The lowest BCUT2D eigenvalue weighted by molar-refractivity contribution is -0.132. The van der Waals surface area contributed by atoms with Crippen molar-refractivity contribution in [3.05, 3.63) is 59.4 Å². The van der Waals surface area contributed by atoms with Crippen molar-refractivity contribution >= 4 is 23.2 Å². The molecular formula is C24H27FN4O2. The molecule has 7 heteroatoms. The third kappa shape index (κ3) is 3.47. The summed E-state index contributed by atoms with van der Waals surface area (Å²) in [5.74, 6) is -0.0110. The maximum absolute atomic E-state index is 13.2. The van der Waals surface area contributed by atoms with Crippen molar-refractivity contribution in [2.45, 2.75) is 63.3 Å². The van der Waals surface area contributed by atoms with E-state index >= 15 is 0 Å². The molecule has 3 aliphatic rings. The lowest BCUT2D eigenvalue weighted by atomic mass is 9.83. The summed E-state index contributed by atoms with van der Waals surface area (Å²) >= 11 is 0. The number of nitrogens with two attached hydrogens (primary N) is 1. The number of hydrogen-bond donors (Lipinski definition) is 2. The number of aliphatic imine (C=N–C) groups is 1. The number of guanidine groups is 1. The Balaban J connectivity index is 1.44. The maximum atomic E-state index is 13.2. The zero-order valence-electron chi connectivity index (χ0n) is 17.8. The molecule has 0 aromatic heterocycles. The number of carbonyl (C=O) groups excluding carboxylic acids is 1. The van der Waals surface area contributed by atoms with Gasteiger partial charge in [0, 0.05) is 11.4 Å². The van der Waals surface area contributed by atoms with Crippen molar-refractivity contribution in [2.75, 3.05) is 5.32 Å². The van der Waals surface area contributed by atoms with E-state index in [0.717, 1.165) is 41.8 Å². The third-order valence-electron chi connectivity index (χ3n) is 6.82. The SMILES string of the molecule is Cc1c(Nc2ccc(F)cc2)cccc1[C@]1(C)CC(=O)N([C@H]2C[C@@H]3CC[C@H]2O3)C(N)=N1. The van der Waals surface area contributed by atoms with E-state index in [0.29, 0.717) is 0 Å². The second kappa shape index (κ2) is 7.34. The van der Waals surface area contributed by atoms with Gasteiger partial charge in [-0.1, -0.05) is 12.1 Å². The molecule has 0 radical (unpaired) electrons. The fourth-order valence-electron chi connectivity index (χ4n) is 5.29. The highest BCUT2D eigenvalue weighted by Gasteiger charge is 2.49. The van der Waals surface area contributed by atoms with E-state index in [1.807, 2.05) is 32.0 Å². The largest absolute Gasteiger partial charge is 0.373 e. The predicted molar refractivity (Wildman–Crippen MR) is 118 cm³/mol. The van der Waals surface area contributed by atoms with E-state index in [1.54, 1.807) is 17.0 Å². The van der Waals surface area contributed by atoms with Crippen LogP contribution in [0, 0.1) is 12.7 Å². The molecule has 162 valence electrons. The first-order chi connectivity index (χ1) is 14.8. The van der Waals surface area contributed by atoms with Crippen molar-refractivity contribution in [1.29, 1.82) is 0 Å². The Morgan fingerprint density at radius 1 is 1.23 bits per heavy atom. The van der Waals surface area contributed by atoms with Gasteiger partial charge in [-0.2, -0.15) is 0 Å². The Morgan fingerprint density at radius 2 is 2.00 bits per heavy atom. The van der Waals surface area contributed by atoms with E-state index in [1.165, 1.54) is 12.1 Å². The van der Waals surface area contributed by atoms with E-state index < -0.39 is 5.54 Å². The zero-order valence-corrected chi connectivity index (χ0v) is 17.8. The van der Waals surface area contributed by atoms with Crippen LogP contribution in [-0.2, 0) is 15.1 Å². The van der Waals surface area contributed by atoms with Crippen LogP contribution in [0.25, 0.3) is 0 Å². The van der Waals surface area contributed by atoms with Gasteiger partial charge in [0.1, 0.15) is 5.82 Å². The number of fused-ring (bicyclic) bond motifs is 2. The number of hydrogen-bond acceptors (Lipinski definition) is 5. The average Bonchev–Trinajstić information content (AvgIpc) is 3.34. The molecule has 6 nitrogen and oxygen atoms in total. The van der Waals surface area contributed by atoms with E-state index in [9.17, 15) is 9.18 Å². The second-order valence-corrected chi connectivity index (χ2v) is 8.97. The normalized spacial score (nSPS) is 29.9. The van der Waals surface area contributed by atoms with Crippen LogP contribution in [0.3, 0.4) is 0 Å². The van der Waals surface area contributed by atoms with Gasteiger partial charge in [0.25, 0.3) is 0 Å². The summed E-state index contributed by atoms with van der Waals surface area (Å²) in [5, 5.41) is 3.33. The fraction of sp³-hybridized carbons (Fsp3) is 0.417. The average molecular weight is 423 g/mol. The van der Waals surface area contributed by atoms with Gasteiger partial charge in [-0.25, -0.2) is 9.38 Å². The Labute approximate surface area is 181 Å². The lowest BCUT2D eigenvalue weighted by Gasteiger charge is -2.40. The minimum atomic E-state index is -0.749. The molecule has 31 heavy (non-hydrogen) atoms. The number of rotatable bonds is 4. The highest BCUT2D eigenvalue weighted by atomic mass is 19.1. The maximum Gasteiger partial charge on any atom is 0.232 e. The van der Waals surface area contributed by atoms with E-state index in [2.05, 4.69) is 5.32 Å². The summed E-state index contributed by atoms with van der Waals surface area (Å²) in [4.78, 5) is 19.7. The van der Waals surface area contributed by atoms with Crippen LogP contribution in [0.4, 0.5) is 15.8 Å². The molecule has 5 rings (SSSR count). The molecule has 0 unspecified atom stereocenters. The number of nitrogens with one attached hydrogen (secondary N) is 1. The van der Waals surface area contributed by atoms with Gasteiger partial charge in [-0.05, 0) is 74.6 Å². The van der Waals surface area contributed by atoms with Gasteiger partial charge < -0.3 is 15.8 Å². The van der Waals surface area contributed by atoms with Crippen LogP contribution in [0.1, 0.15) is 43.7 Å². The first kappa shape index (κ1) is 20.0. The quantitative estimate of drug-likeness (QED) is 0.782. The Bertz CT molecular complexity index is 1050. The molecule has 4 atom stereocenters. The summed E-state index contributed by atoms with van der Waals surface area (Å²) in [6.45, 7) is 3.95. The standard InChI is InChI=1S/C24H27FN4O2/c1-14-18(4-3-5-19(14)27-16-8-6-15(25)7-9-16)24(2)13-22(30)29(23(26)28-24)20-12-17-10-11-21(20)31-17/h3-9,17,20-21,27H,10-13H2,1-2H3,(H2,26,28)/t17-,20-,21+,24-/m0/s1. The summed E-state index contributed by atoms with van der Waals surface area (Å²) in [7, 11) is 0. The Kier molecular flexibility index (Phi) is 4.73. The molecule has 2 saturated heterocycles. The molecule has 2 bridgehead atoms. The summed E-state index contributed by atoms with van der Waals surface area (Å²) in [6.07, 6.45) is 3.42. The van der Waals surface area contributed by atoms with Crippen molar-refractivity contribution in [3.8, 4) is 0 Å². The molecule has 3 N–H and O–H groups in total. The monoisotopic (exact) mass is 422 g/mol. The second-order valence-electron chi connectivity index (χ2n) is 8.97. The minimum Gasteiger partial charge on any atom is -0.373 e. The number of anilines is 2. The van der Waals surface area contributed by atoms with Gasteiger partial charge in [-0.3, -0.25) is 9.69 Å².